The molecule has 0 unspecified atom stereocenters. The van der Waals surface area contributed by atoms with Crippen molar-refractivity contribution in [3.05, 3.63) is 44.3 Å². The molecular formula is C11H5Cl2FN2O2S2. The van der Waals surface area contributed by atoms with Crippen molar-refractivity contribution in [3.8, 4) is 6.07 Å². The second-order valence-corrected chi connectivity index (χ2v) is 7.53. The molecule has 9 heteroatoms. The molecule has 0 fully saturated rings. The highest BCUT2D eigenvalue weighted by Gasteiger charge is 2.22. The monoisotopic (exact) mass is 350 g/mol. The molecule has 0 aliphatic rings. The average molecular weight is 351 g/mol. The second kappa shape index (κ2) is 5.58. The van der Waals surface area contributed by atoms with E-state index in [1.165, 1.54) is 6.07 Å². The number of anilines is 1. The summed E-state index contributed by atoms with van der Waals surface area (Å²) in [4.78, 5) is -0.192. The highest BCUT2D eigenvalue weighted by atomic mass is 35.5. The first-order chi connectivity index (χ1) is 9.33. The van der Waals surface area contributed by atoms with Crippen LogP contribution in [0.25, 0.3) is 0 Å². The van der Waals surface area contributed by atoms with Crippen molar-refractivity contribution in [2.75, 3.05) is 4.72 Å². The highest BCUT2D eigenvalue weighted by Crippen LogP contribution is 2.35. The lowest BCUT2D eigenvalue weighted by molar-refractivity contribution is 0.601. The van der Waals surface area contributed by atoms with Crippen LogP contribution >= 0.6 is 34.5 Å². The van der Waals surface area contributed by atoms with E-state index in [-0.39, 0.29) is 24.8 Å². The quantitative estimate of drug-likeness (QED) is 0.913. The first-order valence-corrected chi connectivity index (χ1v) is 8.06. The number of sulfonamides is 1. The second-order valence-electron chi connectivity index (χ2n) is 3.60. The number of hydrogen-bond acceptors (Lipinski definition) is 4. The fourth-order valence-corrected chi connectivity index (χ4v) is 4.64. The van der Waals surface area contributed by atoms with Gasteiger partial charge >= 0.3 is 0 Å². The molecule has 0 spiro atoms. The van der Waals surface area contributed by atoms with Gasteiger partial charge in [-0.1, -0.05) is 23.2 Å². The molecule has 1 aromatic carbocycles. The van der Waals surface area contributed by atoms with Crippen LogP contribution in [0.3, 0.4) is 0 Å². The Balaban J connectivity index is 2.44. The normalized spacial score (nSPS) is 11.1. The third kappa shape index (κ3) is 3.04. The summed E-state index contributed by atoms with van der Waals surface area (Å²) in [6.07, 6.45) is 0. The summed E-state index contributed by atoms with van der Waals surface area (Å²) in [5, 5.41) is 8.87. The SMILES string of the molecule is N#Cc1cc(F)ccc1NS(=O)(=O)c1cc(Cl)sc1Cl. The van der Waals surface area contributed by atoms with Gasteiger partial charge in [-0.2, -0.15) is 5.26 Å². The van der Waals surface area contributed by atoms with Crippen molar-refractivity contribution < 1.29 is 12.8 Å². The number of rotatable bonds is 3. The van der Waals surface area contributed by atoms with E-state index < -0.39 is 15.8 Å². The van der Waals surface area contributed by atoms with E-state index in [1.54, 1.807) is 6.07 Å². The molecule has 0 radical (unpaired) electrons. The topological polar surface area (TPSA) is 70.0 Å². The molecule has 0 atom stereocenters. The number of nitrogens with one attached hydrogen (secondary N) is 1. The summed E-state index contributed by atoms with van der Waals surface area (Å²) in [6, 6.07) is 6.04. The predicted molar refractivity (Wildman–Crippen MR) is 76.3 cm³/mol. The smallest absolute Gasteiger partial charge is 0.264 e. The van der Waals surface area contributed by atoms with Gasteiger partial charge in [-0.25, -0.2) is 12.8 Å². The number of benzene rings is 1. The Morgan fingerprint density at radius 3 is 2.55 bits per heavy atom. The van der Waals surface area contributed by atoms with Gasteiger partial charge < -0.3 is 0 Å². The summed E-state index contributed by atoms with van der Waals surface area (Å²) in [7, 11) is -4.00. The van der Waals surface area contributed by atoms with Crippen molar-refractivity contribution >= 4 is 50.2 Å². The summed E-state index contributed by atoms with van der Waals surface area (Å²) >= 11 is 12.4. The summed E-state index contributed by atoms with van der Waals surface area (Å²) in [5.74, 6) is -0.638. The van der Waals surface area contributed by atoms with Crippen LogP contribution in [0.1, 0.15) is 5.56 Å². The van der Waals surface area contributed by atoms with Crippen LogP contribution in [0, 0.1) is 17.1 Å². The third-order valence-electron chi connectivity index (χ3n) is 2.26. The lowest BCUT2D eigenvalue weighted by Crippen LogP contribution is -2.13. The van der Waals surface area contributed by atoms with Gasteiger partial charge in [0.2, 0.25) is 0 Å². The van der Waals surface area contributed by atoms with Gasteiger partial charge in [0.15, 0.2) is 0 Å². The van der Waals surface area contributed by atoms with Gasteiger partial charge in [-0.15, -0.1) is 11.3 Å². The first kappa shape index (κ1) is 15.1. The van der Waals surface area contributed by atoms with Crippen LogP contribution in [0.15, 0.2) is 29.2 Å². The molecule has 0 saturated heterocycles. The average Bonchev–Trinajstić information content (AvgIpc) is 2.71. The Kier molecular flexibility index (Phi) is 4.20. The third-order valence-corrected chi connectivity index (χ3v) is 5.38. The molecular weight excluding hydrogens is 346 g/mol. The van der Waals surface area contributed by atoms with Crippen molar-refractivity contribution in [1.29, 1.82) is 5.26 Å². The minimum atomic E-state index is -4.00. The molecule has 20 heavy (non-hydrogen) atoms. The van der Waals surface area contributed by atoms with E-state index in [0.717, 1.165) is 29.5 Å². The van der Waals surface area contributed by atoms with Crippen LogP contribution < -0.4 is 4.72 Å². The summed E-state index contributed by atoms with van der Waals surface area (Å²) in [5.41, 5.74) is -0.168. The fraction of sp³-hybridized carbons (Fsp3) is 0. The maximum absolute atomic E-state index is 13.0. The molecule has 0 aliphatic heterocycles. The maximum Gasteiger partial charge on any atom is 0.264 e. The predicted octanol–water partition coefficient (Wildman–Crippen LogP) is 3.87. The number of hydrogen-bond donors (Lipinski definition) is 1. The molecule has 0 aliphatic carbocycles. The van der Waals surface area contributed by atoms with E-state index in [4.69, 9.17) is 28.5 Å². The van der Waals surface area contributed by atoms with Crippen molar-refractivity contribution in [2.24, 2.45) is 0 Å². The molecule has 1 heterocycles. The van der Waals surface area contributed by atoms with E-state index in [9.17, 15) is 12.8 Å². The molecule has 0 saturated carbocycles. The van der Waals surface area contributed by atoms with Crippen LogP contribution in [-0.4, -0.2) is 8.42 Å². The molecule has 1 N–H and O–H groups in total. The number of nitrogens with zero attached hydrogens (tertiary/aromatic N) is 1. The largest absolute Gasteiger partial charge is 0.278 e. The van der Waals surface area contributed by atoms with E-state index in [2.05, 4.69) is 4.72 Å². The van der Waals surface area contributed by atoms with E-state index >= 15 is 0 Å². The minimum Gasteiger partial charge on any atom is -0.278 e. The molecule has 1 aromatic heterocycles. The Bertz CT molecular complexity index is 812. The molecule has 104 valence electrons. The first-order valence-electron chi connectivity index (χ1n) is 5.01. The Morgan fingerprint density at radius 2 is 2.00 bits per heavy atom. The Hall–Kier alpha value is -1.33. The molecule has 0 amide bonds. The summed E-state index contributed by atoms with van der Waals surface area (Å²) < 4.78 is 39.7. The van der Waals surface area contributed by atoms with E-state index in [1.807, 2.05) is 0 Å². The number of halogens is 3. The number of thiophene rings is 1. The lowest BCUT2D eigenvalue weighted by Gasteiger charge is -2.08. The van der Waals surface area contributed by atoms with Gasteiger partial charge in [0.1, 0.15) is 21.1 Å². The Morgan fingerprint density at radius 1 is 1.30 bits per heavy atom. The summed E-state index contributed by atoms with van der Waals surface area (Å²) in [6.45, 7) is 0. The lowest BCUT2D eigenvalue weighted by atomic mass is 10.2. The zero-order valence-corrected chi connectivity index (χ0v) is 12.7. The van der Waals surface area contributed by atoms with Gasteiger partial charge in [-0.3, -0.25) is 4.72 Å². The maximum atomic E-state index is 13.0. The van der Waals surface area contributed by atoms with E-state index in [0.29, 0.717) is 0 Å². The molecule has 0 bridgehead atoms. The molecule has 2 rings (SSSR count). The van der Waals surface area contributed by atoms with Gasteiger partial charge in [0, 0.05) is 0 Å². The number of nitriles is 1. The Labute approximate surface area is 128 Å². The zero-order valence-electron chi connectivity index (χ0n) is 9.52. The van der Waals surface area contributed by atoms with Crippen LogP contribution in [0.2, 0.25) is 8.67 Å². The molecule has 4 nitrogen and oxygen atoms in total. The van der Waals surface area contributed by atoms with Gasteiger partial charge in [-0.05, 0) is 24.3 Å². The van der Waals surface area contributed by atoms with Crippen LogP contribution in [-0.2, 0) is 10.0 Å². The van der Waals surface area contributed by atoms with Crippen molar-refractivity contribution in [3.63, 3.8) is 0 Å². The van der Waals surface area contributed by atoms with Gasteiger partial charge in [0.05, 0.1) is 15.6 Å². The zero-order chi connectivity index (χ0) is 14.9. The van der Waals surface area contributed by atoms with Crippen molar-refractivity contribution in [2.45, 2.75) is 4.90 Å². The van der Waals surface area contributed by atoms with Crippen molar-refractivity contribution in [1.82, 2.24) is 0 Å². The molecule has 2 aromatic rings. The highest BCUT2D eigenvalue weighted by molar-refractivity contribution is 7.93. The van der Waals surface area contributed by atoms with Gasteiger partial charge in [0.25, 0.3) is 10.0 Å². The van der Waals surface area contributed by atoms with Crippen LogP contribution in [0.5, 0.6) is 0 Å². The standard InChI is InChI=1S/C11H5Cl2FN2O2S2/c12-10-4-9(11(13)19-10)20(17,18)16-8-2-1-7(14)3-6(8)5-15/h1-4,16H. The minimum absolute atomic E-state index is 0.00289. The van der Waals surface area contributed by atoms with Crippen LogP contribution in [0.4, 0.5) is 10.1 Å². The fourth-order valence-electron chi connectivity index (χ4n) is 1.41.